The van der Waals surface area contributed by atoms with Crippen LogP contribution in [0.5, 0.6) is 0 Å². The maximum absolute atomic E-state index is 12.6. The van der Waals surface area contributed by atoms with Crippen molar-refractivity contribution in [1.29, 1.82) is 0 Å². The van der Waals surface area contributed by atoms with Gasteiger partial charge in [0.1, 0.15) is 0 Å². The molecule has 4 N–H and O–H groups in total. The molecule has 3 aromatic rings. The molecular formula is C20H16BrN3O4S. The Morgan fingerprint density at radius 1 is 0.897 bits per heavy atom. The van der Waals surface area contributed by atoms with Crippen LogP contribution in [0.15, 0.2) is 82.2 Å². The minimum Gasteiger partial charge on any atom is -0.366 e. The second-order valence-corrected chi connectivity index (χ2v) is 8.60. The first-order chi connectivity index (χ1) is 13.8. The number of para-hydroxylation sites is 1. The van der Waals surface area contributed by atoms with Gasteiger partial charge in [-0.15, -0.1) is 0 Å². The smallest absolute Gasteiger partial charge is 0.261 e. The molecule has 9 heteroatoms. The number of benzene rings is 3. The molecule has 0 unspecified atom stereocenters. The van der Waals surface area contributed by atoms with Gasteiger partial charge in [-0.2, -0.15) is 0 Å². The van der Waals surface area contributed by atoms with Crippen molar-refractivity contribution in [2.24, 2.45) is 5.73 Å². The lowest BCUT2D eigenvalue weighted by atomic mass is 10.1. The van der Waals surface area contributed by atoms with E-state index in [9.17, 15) is 18.0 Å². The number of rotatable bonds is 6. The van der Waals surface area contributed by atoms with Crippen molar-refractivity contribution in [2.45, 2.75) is 4.90 Å². The number of primary amides is 1. The number of sulfonamides is 1. The van der Waals surface area contributed by atoms with Crippen molar-refractivity contribution in [3.05, 3.63) is 88.4 Å². The Hall–Kier alpha value is -3.17. The van der Waals surface area contributed by atoms with Gasteiger partial charge in [-0.1, -0.05) is 34.1 Å². The molecule has 2 amide bonds. The summed E-state index contributed by atoms with van der Waals surface area (Å²) < 4.78 is 28.3. The topological polar surface area (TPSA) is 118 Å². The quantitative estimate of drug-likeness (QED) is 0.506. The summed E-state index contributed by atoms with van der Waals surface area (Å²) in [5.74, 6) is -1.18. The van der Waals surface area contributed by atoms with Crippen LogP contribution in [0.3, 0.4) is 0 Å². The Kier molecular flexibility index (Phi) is 6.00. The maximum Gasteiger partial charge on any atom is 0.261 e. The Labute approximate surface area is 176 Å². The summed E-state index contributed by atoms with van der Waals surface area (Å²) in [6.07, 6.45) is 0. The fourth-order valence-electron chi connectivity index (χ4n) is 2.55. The summed E-state index contributed by atoms with van der Waals surface area (Å²) in [7, 11) is -3.81. The predicted octanol–water partition coefficient (Wildman–Crippen LogP) is 3.60. The van der Waals surface area contributed by atoms with Crippen LogP contribution in [0.4, 0.5) is 11.4 Å². The van der Waals surface area contributed by atoms with E-state index in [2.05, 4.69) is 26.0 Å². The van der Waals surface area contributed by atoms with Crippen LogP contribution in [0.25, 0.3) is 0 Å². The van der Waals surface area contributed by atoms with Gasteiger partial charge in [0, 0.05) is 15.7 Å². The monoisotopic (exact) mass is 473 g/mol. The molecule has 0 spiro atoms. The molecule has 7 nitrogen and oxygen atoms in total. The van der Waals surface area contributed by atoms with Gasteiger partial charge in [0.05, 0.1) is 16.1 Å². The van der Waals surface area contributed by atoms with Crippen LogP contribution in [0.1, 0.15) is 20.7 Å². The first-order valence-electron chi connectivity index (χ1n) is 8.35. The van der Waals surface area contributed by atoms with Gasteiger partial charge in [-0.3, -0.25) is 14.3 Å². The number of carbonyl (C=O) groups excluding carboxylic acids is 2. The predicted molar refractivity (Wildman–Crippen MR) is 114 cm³/mol. The van der Waals surface area contributed by atoms with E-state index < -0.39 is 21.8 Å². The van der Waals surface area contributed by atoms with Gasteiger partial charge < -0.3 is 11.1 Å². The molecule has 0 aliphatic rings. The van der Waals surface area contributed by atoms with E-state index in [4.69, 9.17) is 5.73 Å². The van der Waals surface area contributed by atoms with Gasteiger partial charge >= 0.3 is 0 Å². The second kappa shape index (κ2) is 8.46. The highest BCUT2D eigenvalue weighted by Gasteiger charge is 2.16. The van der Waals surface area contributed by atoms with Crippen molar-refractivity contribution >= 4 is 49.1 Å². The lowest BCUT2D eigenvalue weighted by molar-refractivity contribution is 0.100. The maximum atomic E-state index is 12.6. The zero-order chi connectivity index (χ0) is 21.0. The van der Waals surface area contributed by atoms with E-state index in [-0.39, 0.29) is 27.4 Å². The third-order valence-electron chi connectivity index (χ3n) is 3.94. The van der Waals surface area contributed by atoms with Crippen LogP contribution in [0, 0.1) is 0 Å². The Bertz CT molecular complexity index is 1180. The summed E-state index contributed by atoms with van der Waals surface area (Å²) >= 11 is 3.26. The number of hydrogen-bond donors (Lipinski definition) is 3. The fourth-order valence-corrected chi connectivity index (χ4v) is 3.87. The third kappa shape index (κ3) is 5.01. The summed E-state index contributed by atoms with van der Waals surface area (Å²) in [5, 5.41) is 2.61. The lowest BCUT2D eigenvalue weighted by Gasteiger charge is -2.11. The number of hydrogen-bond acceptors (Lipinski definition) is 4. The molecule has 0 atom stereocenters. The summed E-state index contributed by atoms with van der Waals surface area (Å²) in [6, 6.07) is 18.5. The summed E-state index contributed by atoms with van der Waals surface area (Å²) in [6.45, 7) is 0. The van der Waals surface area contributed by atoms with Crippen LogP contribution in [-0.2, 0) is 10.0 Å². The standard InChI is InChI=1S/C20H16BrN3O4S/c21-14-8-10-16(11-9-14)29(27,28)24-15-5-3-4-13(12-15)20(26)23-18-7-2-1-6-17(18)19(22)25/h1-12,24H,(H2,22,25)(H,23,26). The van der Waals surface area contributed by atoms with Crippen LogP contribution in [0.2, 0.25) is 0 Å². The van der Waals surface area contributed by atoms with E-state index >= 15 is 0 Å². The highest BCUT2D eigenvalue weighted by Crippen LogP contribution is 2.21. The van der Waals surface area contributed by atoms with Gasteiger partial charge in [0.15, 0.2) is 0 Å². The molecule has 0 aromatic heterocycles. The first-order valence-corrected chi connectivity index (χ1v) is 10.6. The number of halogens is 1. The molecule has 0 saturated carbocycles. The van der Waals surface area contributed by atoms with E-state index in [1.807, 2.05) is 0 Å². The molecule has 0 radical (unpaired) electrons. The fraction of sp³-hybridized carbons (Fsp3) is 0. The van der Waals surface area contributed by atoms with Crippen molar-refractivity contribution in [2.75, 3.05) is 10.0 Å². The zero-order valence-corrected chi connectivity index (χ0v) is 17.3. The highest BCUT2D eigenvalue weighted by atomic mass is 79.9. The molecule has 0 fully saturated rings. The average Bonchev–Trinajstić information content (AvgIpc) is 2.68. The number of anilines is 2. The number of nitrogens with one attached hydrogen (secondary N) is 2. The minimum atomic E-state index is -3.81. The largest absolute Gasteiger partial charge is 0.366 e. The van der Waals surface area contributed by atoms with E-state index in [1.54, 1.807) is 36.4 Å². The summed E-state index contributed by atoms with van der Waals surface area (Å²) in [5.41, 5.74) is 6.19. The molecule has 29 heavy (non-hydrogen) atoms. The Morgan fingerprint density at radius 3 is 2.28 bits per heavy atom. The van der Waals surface area contributed by atoms with Crippen LogP contribution in [-0.4, -0.2) is 20.2 Å². The molecular weight excluding hydrogens is 458 g/mol. The Morgan fingerprint density at radius 2 is 1.59 bits per heavy atom. The SMILES string of the molecule is NC(=O)c1ccccc1NC(=O)c1cccc(NS(=O)(=O)c2ccc(Br)cc2)c1. The van der Waals surface area contributed by atoms with Crippen molar-refractivity contribution in [1.82, 2.24) is 0 Å². The molecule has 148 valence electrons. The third-order valence-corrected chi connectivity index (χ3v) is 5.87. The van der Waals surface area contributed by atoms with E-state index in [0.717, 1.165) is 4.47 Å². The van der Waals surface area contributed by atoms with Crippen molar-refractivity contribution in [3.8, 4) is 0 Å². The minimum absolute atomic E-state index is 0.0888. The highest BCUT2D eigenvalue weighted by molar-refractivity contribution is 9.10. The van der Waals surface area contributed by atoms with E-state index in [1.165, 1.54) is 36.4 Å². The number of nitrogens with two attached hydrogens (primary N) is 1. The first kappa shape index (κ1) is 20.6. The van der Waals surface area contributed by atoms with Crippen LogP contribution < -0.4 is 15.8 Å². The van der Waals surface area contributed by atoms with Gasteiger partial charge in [-0.05, 0) is 54.6 Å². The van der Waals surface area contributed by atoms with Crippen molar-refractivity contribution < 1.29 is 18.0 Å². The van der Waals surface area contributed by atoms with Gasteiger partial charge in [0.2, 0.25) is 0 Å². The molecule has 0 aliphatic heterocycles. The van der Waals surface area contributed by atoms with Crippen molar-refractivity contribution in [3.63, 3.8) is 0 Å². The molecule has 0 aliphatic carbocycles. The van der Waals surface area contributed by atoms with Gasteiger partial charge in [-0.25, -0.2) is 8.42 Å². The molecule has 0 bridgehead atoms. The normalized spacial score (nSPS) is 10.9. The Balaban J connectivity index is 1.82. The molecule has 3 aromatic carbocycles. The number of carbonyl (C=O) groups is 2. The molecule has 3 rings (SSSR count). The zero-order valence-electron chi connectivity index (χ0n) is 14.9. The lowest BCUT2D eigenvalue weighted by Crippen LogP contribution is -2.18. The average molecular weight is 474 g/mol. The van der Waals surface area contributed by atoms with E-state index in [0.29, 0.717) is 0 Å². The summed E-state index contributed by atoms with van der Waals surface area (Å²) in [4.78, 5) is 24.2. The molecule has 0 heterocycles. The number of amides is 2. The molecule has 0 saturated heterocycles. The second-order valence-electron chi connectivity index (χ2n) is 6.00. The van der Waals surface area contributed by atoms with Crippen LogP contribution >= 0.6 is 15.9 Å². The van der Waals surface area contributed by atoms with Gasteiger partial charge in [0.25, 0.3) is 21.8 Å².